The van der Waals surface area contributed by atoms with Crippen LogP contribution in [0.4, 0.5) is 0 Å². The zero-order chi connectivity index (χ0) is 21.6. The van der Waals surface area contributed by atoms with Crippen LogP contribution in [0, 0.1) is 5.92 Å². The number of nitrogens with zero attached hydrogens (tertiary/aromatic N) is 3. The largest absolute Gasteiger partial charge is 0.497 e. The lowest BCUT2D eigenvalue weighted by Crippen LogP contribution is -2.52. The maximum atomic E-state index is 13.1. The summed E-state index contributed by atoms with van der Waals surface area (Å²) >= 11 is 0. The Labute approximate surface area is 185 Å². The molecule has 2 fully saturated rings. The summed E-state index contributed by atoms with van der Waals surface area (Å²) in [4.78, 5) is 19.6. The molecule has 1 aliphatic heterocycles. The molecule has 0 spiro atoms. The van der Waals surface area contributed by atoms with E-state index in [-0.39, 0.29) is 11.9 Å². The first-order valence-corrected chi connectivity index (χ1v) is 11.7. The van der Waals surface area contributed by atoms with Gasteiger partial charge in [0.15, 0.2) is 0 Å². The Morgan fingerprint density at radius 3 is 2.68 bits per heavy atom. The van der Waals surface area contributed by atoms with E-state index >= 15 is 0 Å². The quantitative estimate of drug-likeness (QED) is 0.635. The highest BCUT2D eigenvalue weighted by atomic mass is 16.5. The van der Waals surface area contributed by atoms with Crippen LogP contribution in [0.15, 0.2) is 36.8 Å². The first-order valence-electron chi connectivity index (χ1n) is 11.7. The lowest BCUT2D eigenvalue weighted by molar-refractivity contribution is -0.159. The summed E-state index contributed by atoms with van der Waals surface area (Å²) in [7, 11) is 1.66. The second-order valence-electron chi connectivity index (χ2n) is 9.08. The lowest BCUT2D eigenvalue weighted by atomic mass is 9.87. The number of morpholine rings is 1. The third kappa shape index (κ3) is 5.67. The number of methoxy groups -OCH3 is 1. The Morgan fingerprint density at radius 1 is 1.16 bits per heavy atom. The number of aryl methyl sites for hydroxylation is 1. The number of ether oxygens (including phenoxy) is 2. The van der Waals surface area contributed by atoms with Gasteiger partial charge in [0.05, 0.1) is 31.8 Å². The summed E-state index contributed by atoms with van der Waals surface area (Å²) in [6.45, 7) is 4.18. The van der Waals surface area contributed by atoms with Gasteiger partial charge in [-0.25, -0.2) is 4.98 Å². The molecule has 1 aliphatic carbocycles. The molecule has 1 amide bonds. The summed E-state index contributed by atoms with van der Waals surface area (Å²) < 4.78 is 13.3. The van der Waals surface area contributed by atoms with E-state index in [1.54, 1.807) is 7.11 Å². The van der Waals surface area contributed by atoms with E-state index in [1.807, 2.05) is 42.4 Å². The molecular weight excluding hydrogens is 390 g/mol. The average Bonchev–Trinajstić information content (AvgIpc) is 3.26. The average molecular weight is 426 g/mol. The molecule has 6 nitrogen and oxygen atoms in total. The Bertz CT molecular complexity index is 842. The van der Waals surface area contributed by atoms with E-state index in [0.717, 1.165) is 29.5 Å². The van der Waals surface area contributed by atoms with Crippen LogP contribution in [0.5, 0.6) is 5.75 Å². The minimum atomic E-state index is -0.462. The van der Waals surface area contributed by atoms with Gasteiger partial charge in [-0.2, -0.15) is 0 Å². The smallest absolute Gasteiger partial charge is 0.252 e. The van der Waals surface area contributed by atoms with E-state index in [9.17, 15) is 4.79 Å². The van der Waals surface area contributed by atoms with Gasteiger partial charge in [-0.1, -0.05) is 44.2 Å². The van der Waals surface area contributed by atoms with Crippen LogP contribution >= 0.6 is 0 Å². The molecule has 6 heteroatoms. The maximum absolute atomic E-state index is 13.1. The second kappa shape index (κ2) is 10.3. The third-order valence-corrected chi connectivity index (χ3v) is 6.74. The van der Waals surface area contributed by atoms with Crippen LogP contribution in [0.3, 0.4) is 0 Å². The van der Waals surface area contributed by atoms with Crippen LogP contribution in [-0.2, 0) is 29.0 Å². The number of hydrogen-bond donors (Lipinski definition) is 0. The van der Waals surface area contributed by atoms with Gasteiger partial charge < -0.3 is 18.9 Å². The summed E-state index contributed by atoms with van der Waals surface area (Å²) in [5.41, 5.74) is 2.02. The molecule has 4 rings (SSSR count). The highest BCUT2D eigenvalue weighted by molar-refractivity contribution is 5.82. The number of carbonyl (C=O) groups excluding carboxylic acids is 1. The van der Waals surface area contributed by atoms with Crippen LogP contribution in [0.2, 0.25) is 0 Å². The van der Waals surface area contributed by atoms with E-state index in [0.29, 0.717) is 19.6 Å². The highest BCUT2D eigenvalue weighted by Crippen LogP contribution is 2.27. The number of amides is 1. The molecule has 1 aromatic carbocycles. The van der Waals surface area contributed by atoms with Gasteiger partial charge in [0.1, 0.15) is 11.9 Å². The van der Waals surface area contributed by atoms with Gasteiger partial charge in [0.2, 0.25) is 0 Å². The number of imidazole rings is 1. The molecule has 1 saturated heterocycles. The monoisotopic (exact) mass is 425 g/mol. The molecule has 2 atom stereocenters. The zero-order valence-corrected chi connectivity index (χ0v) is 18.8. The van der Waals surface area contributed by atoms with Gasteiger partial charge in [0.25, 0.3) is 5.91 Å². The van der Waals surface area contributed by atoms with Crippen molar-refractivity contribution < 1.29 is 14.3 Å². The van der Waals surface area contributed by atoms with Crippen LogP contribution in [0.25, 0.3) is 0 Å². The SMILES string of the molecule is COc1ccc(CN2C(=O)[C@H](Cc3cn(CCC4CCCCC4)cn3)OC[C@@H]2C)cc1. The molecule has 0 unspecified atom stereocenters. The first kappa shape index (κ1) is 21.9. The van der Waals surface area contributed by atoms with Gasteiger partial charge in [-0.3, -0.25) is 4.79 Å². The van der Waals surface area contributed by atoms with Crippen molar-refractivity contribution in [2.24, 2.45) is 5.92 Å². The predicted octanol–water partition coefficient (Wildman–Crippen LogP) is 4.22. The molecule has 0 N–H and O–H groups in total. The standard InChI is InChI=1S/C25H35N3O3/c1-19-17-31-24(25(29)28(19)15-21-8-10-23(30-2)11-9-21)14-22-16-27(18-26-22)13-12-20-6-4-3-5-7-20/h8-11,16,18-20,24H,3-7,12-15,17H2,1-2H3/t19-,24-/m0/s1. The number of hydrogen-bond acceptors (Lipinski definition) is 4. The molecule has 2 aromatic rings. The van der Waals surface area contributed by atoms with Gasteiger partial charge in [0, 0.05) is 25.7 Å². The van der Waals surface area contributed by atoms with Gasteiger partial charge in [-0.05, 0) is 37.0 Å². The van der Waals surface area contributed by atoms with Gasteiger partial charge in [-0.15, -0.1) is 0 Å². The Morgan fingerprint density at radius 2 is 1.94 bits per heavy atom. The van der Waals surface area contributed by atoms with E-state index in [2.05, 4.69) is 15.7 Å². The molecule has 2 aliphatic rings. The highest BCUT2D eigenvalue weighted by Gasteiger charge is 2.34. The maximum Gasteiger partial charge on any atom is 0.252 e. The summed E-state index contributed by atoms with van der Waals surface area (Å²) in [5.74, 6) is 1.73. The summed E-state index contributed by atoms with van der Waals surface area (Å²) in [6.07, 6.45) is 12.2. The predicted molar refractivity (Wildman–Crippen MR) is 120 cm³/mol. The number of benzene rings is 1. The van der Waals surface area contributed by atoms with Crippen molar-refractivity contribution in [2.75, 3.05) is 13.7 Å². The zero-order valence-electron chi connectivity index (χ0n) is 18.8. The molecule has 1 aromatic heterocycles. The number of aromatic nitrogens is 2. The third-order valence-electron chi connectivity index (χ3n) is 6.74. The van der Waals surface area contributed by atoms with Crippen molar-refractivity contribution in [3.05, 3.63) is 48.0 Å². The molecule has 0 radical (unpaired) electrons. The van der Waals surface area contributed by atoms with Crippen LogP contribution in [0.1, 0.15) is 56.7 Å². The minimum Gasteiger partial charge on any atom is -0.497 e. The van der Waals surface area contributed by atoms with Crippen molar-refractivity contribution in [2.45, 2.75) is 77.1 Å². The second-order valence-corrected chi connectivity index (χ2v) is 9.08. The van der Waals surface area contributed by atoms with Crippen molar-refractivity contribution in [3.63, 3.8) is 0 Å². The molecular formula is C25H35N3O3. The van der Waals surface area contributed by atoms with E-state index in [4.69, 9.17) is 9.47 Å². The molecule has 168 valence electrons. The summed E-state index contributed by atoms with van der Waals surface area (Å²) in [6, 6.07) is 7.94. The fourth-order valence-corrected chi connectivity index (χ4v) is 4.76. The van der Waals surface area contributed by atoms with Crippen molar-refractivity contribution in [1.29, 1.82) is 0 Å². The lowest BCUT2D eigenvalue weighted by Gasteiger charge is -2.37. The van der Waals surface area contributed by atoms with E-state index in [1.165, 1.54) is 38.5 Å². The number of carbonyl (C=O) groups is 1. The minimum absolute atomic E-state index is 0.0475. The molecule has 2 heterocycles. The fraction of sp³-hybridized carbons (Fsp3) is 0.600. The summed E-state index contributed by atoms with van der Waals surface area (Å²) in [5, 5.41) is 0. The van der Waals surface area contributed by atoms with Gasteiger partial charge >= 0.3 is 0 Å². The Balaban J connectivity index is 1.32. The van der Waals surface area contributed by atoms with Crippen molar-refractivity contribution in [1.82, 2.24) is 14.5 Å². The Kier molecular flexibility index (Phi) is 7.28. The fourth-order valence-electron chi connectivity index (χ4n) is 4.76. The van der Waals surface area contributed by atoms with Crippen molar-refractivity contribution >= 4 is 5.91 Å². The molecule has 0 bridgehead atoms. The molecule has 31 heavy (non-hydrogen) atoms. The normalized spacial score (nSPS) is 22.6. The number of rotatable bonds is 8. The Hall–Kier alpha value is -2.34. The van der Waals surface area contributed by atoms with E-state index < -0.39 is 6.10 Å². The van der Waals surface area contributed by atoms with Crippen LogP contribution < -0.4 is 4.74 Å². The molecule has 1 saturated carbocycles. The van der Waals surface area contributed by atoms with Crippen molar-refractivity contribution in [3.8, 4) is 5.75 Å². The van der Waals surface area contributed by atoms with Crippen LogP contribution in [-0.4, -0.2) is 46.2 Å². The first-order chi connectivity index (χ1) is 15.1. The topological polar surface area (TPSA) is 56.6 Å².